The summed E-state index contributed by atoms with van der Waals surface area (Å²) < 4.78 is 35.8. The lowest BCUT2D eigenvalue weighted by Gasteiger charge is -2.32. The molecule has 1 fully saturated rings. The molecule has 0 spiro atoms. The summed E-state index contributed by atoms with van der Waals surface area (Å²) in [5.41, 5.74) is 0. The van der Waals surface area contributed by atoms with E-state index in [1.807, 2.05) is 11.8 Å². The highest BCUT2D eigenvalue weighted by molar-refractivity contribution is 4.78. The van der Waals surface area contributed by atoms with Gasteiger partial charge in [0.1, 0.15) is 0 Å². The van der Waals surface area contributed by atoms with Crippen LogP contribution in [0.25, 0.3) is 0 Å². The fourth-order valence-corrected chi connectivity index (χ4v) is 1.69. The summed E-state index contributed by atoms with van der Waals surface area (Å²) in [6.45, 7) is 4.23. The molecule has 0 aromatic heterocycles. The number of piperidine rings is 1. The second kappa shape index (κ2) is 4.28. The maximum atomic E-state index is 11.9. The molecule has 0 saturated carbocycles. The molecule has 13 heavy (non-hydrogen) atoms. The summed E-state index contributed by atoms with van der Waals surface area (Å²) in [7, 11) is 0. The summed E-state index contributed by atoms with van der Waals surface area (Å²) in [6.07, 6.45) is -2.76. The summed E-state index contributed by atoms with van der Waals surface area (Å²) in [5.74, 6) is 0. The highest BCUT2D eigenvalue weighted by Gasteiger charge is 2.32. The van der Waals surface area contributed by atoms with Crippen LogP contribution >= 0.6 is 0 Å². The number of hydrogen-bond acceptors (Lipinski definition) is 2. The normalized spacial score (nSPS) is 26.3. The van der Waals surface area contributed by atoms with Gasteiger partial charge in [-0.15, -0.1) is 0 Å². The van der Waals surface area contributed by atoms with Gasteiger partial charge in [0.15, 0.2) is 0 Å². The second-order valence-electron chi connectivity index (χ2n) is 3.37. The number of rotatable bonds is 2. The van der Waals surface area contributed by atoms with Crippen LogP contribution in [0.4, 0.5) is 13.2 Å². The minimum Gasteiger partial charge on any atom is -0.302 e. The van der Waals surface area contributed by atoms with E-state index in [9.17, 15) is 13.2 Å². The van der Waals surface area contributed by atoms with Crippen LogP contribution in [0.5, 0.6) is 0 Å². The van der Waals surface area contributed by atoms with Crippen LogP contribution in [0.2, 0.25) is 0 Å². The molecule has 0 unspecified atom stereocenters. The van der Waals surface area contributed by atoms with Crippen molar-refractivity contribution < 1.29 is 13.2 Å². The van der Waals surface area contributed by atoms with Gasteiger partial charge in [-0.3, -0.25) is 0 Å². The van der Waals surface area contributed by atoms with Crippen molar-refractivity contribution in [1.29, 1.82) is 0 Å². The van der Waals surface area contributed by atoms with E-state index < -0.39 is 12.3 Å². The van der Waals surface area contributed by atoms with Gasteiger partial charge in [-0.25, -0.2) is 5.32 Å². The quantitative estimate of drug-likeness (QED) is 0.674. The summed E-state index contributed by atoms with van der Waals surface area (Å²) in [4.78, 5) is 2.03. The van der Waals surface area contributed by atoms with E-state index >= 15 is 0 Å². The molecule has 2 nitrogen and oxygen atoms in total. The van der Waals surface area contributed by atoms with Crippen LogP contribution in [0.3, 0.4) is 0 Å². The molecule has 1 aliphatic rings. The average Bonchev–Trinajstić information content (AvgIpc) is 2.01. The number of likely N-dealkylation sites (tertiary alicyclic amines) is 1. The average molecular weight is 196 g/mol. The molecule has 1 heterocycles. The molecule has 78 valence electrons. The molecule has 0 aliphatic carbocycles. The van der Waals surface area contributed by atoms with Gasteiger partial charge < -0.3 is 4.90 Å². The van der Waals surface area contributed by atoms with Gasteiger partial charge in [-0.1, -0.05) is 6.92 Å². The van der Waals surface area contributed by atoms with E-state index in [0.29, 0.717) is 13.0 Å². The third kappa shape index (κ3) is 3.95. The lowest BCUT2D eigenvalue weighted by Crippen LogP contribution is -2.50. The van der Waals surface area contributed by atoms with E-state index in [4.69, 9.17) is 0 Å². The van der Waals surface area contributed by atoms with Gasteiger partial charge in [0, 0.05) is 12.6 Å². The lowest BCUT2D eigenvalue weighted by atomic mass is 10.1. The number of likely N-dealkylation sites (N-methyl/N-ethyl adjacent to an activating group) is 1. The fraction of sp³-hybridized carbons (Fsp3) is 1.00. The maximum absolute atomic E-state index is 11.9. The van der Waals surface area contributed by atoms with Crippen molar-refractivity contribution in [2.24, 2.45) is 0 Å². The number of halogens is 3. The van der Waals surface area contributed by atoms with Crippen LogP contribution in [-0.4, -0.2) is 36.9 Å². The van der Waals surface area contributed by atoms with Crippen molar-refractivity contribution in [2.75, 3.05) is 19.6 Å². The molecule has 0 aromatic rings. The monoisotopic (exact) mass is 196 g/mol. The van der Waals surface area contributed by atoms with Gasteiger partial charge in [0.2, 0.25) is 0 Å². The van der Waals surface area contributed by atoms with E-state index in [1.54, 1.807) is 5.32 Å². The molecular weight excluding hydrogens is 181 g/mol. The predicted molar refractivity (Wildman–Crippen MR) is 44.3 cm³/mol. The van der Waals surface area contributed by atoms with E-state index in [1.165, 1.54) is 0 Å². The number of alkyl halides is 3. The van der Waals surface area contributed by atoms with Crippen molar-refractivity contribution in [3.05, 3.63) is 0 Å². The van der Waals surface area contributed by atoms with E-state index in [-0.39, 0.29) is 0 Å². The molecular formula is C8H15F3N2. The van der Waals surface area contributed by atoms with Crippen LogP contribution in [-0.2, 0) is 0 Å². The standard InChI is InChI=1S/C8H15F3N2/c1-2-13-5-3-4-7(6-13)12-8(9,10)11/h7,12H,2-6H2,1H3/t7-/m1/s1. The first-order valence-electron chi connectivity index (χ1n) is 4.58. The number of nitrogens with zero attached hydrogens (tertiary/aromatic N) is 1. The van der Waals surface area contributed by atoms with Crippen molar-refractivity contribution in [1.82, 2.24) is 10.2 Å². The third-order valence-corrected chi connectivity index (χ3v) is 2.32. The molecule has 0 aromatic carbocycles. The second-order valence-corrected chi connectivity index (χ2v) is 3.37. The Hall–Kier alpha value is -0.290. The highest BCUT2D eigenvalue weighted by atomic mass is 19.4. The molecule has 1 atom stereocenters. The van der Waals surface area contributed by atoms with Gasteiger partial charge in [-0.05, 0) is 25.9 Å². The Kier molecular flexibility index (Phi) is 3.55. The third-order valence-electron chi connectivity index (χ3n) is 2.32. The molecule has 1 rings (SSSR count). The van der Waals surface area contributed by atoms with Gasteiger partial charge in [0.05, 0.1) is 0 Å². The van der Waals surface area contributed by atoms with Crippen LogP contribution in [0, 0.1) is 0 Å². The zero-order valence-electron chi connectivity index (χ0n) is 7.69. The largest absolute Gasteiger partial charge is 0.457 e. The minimum absolute atomic E-state index is 0.423. The van der Waals surface area contributed by atoms with Gasteiger partial charge >= 0.3 is 6.30 Å². The smallest absolute Gasteiger partial charge is 0.302 e. The summed E-state index contributed by atoms with van der Waals surface area (Å²) >= 11 is 0. The van der Waals surface area contributed by atoms with E-state index in [0.717, 1.165) is 19.5 Å². The molecule has 0 bridgehead atoms. The first-order chi connectivity index (χ1) is 6.01. The summed E-state index contributed by atoms with van der Waals surface area (Å²) in [6, 6.07) is -0.423. The Morgan fingerprint density at radius 1 is 1.46 bits per heavy atom. The Labute approximate surface area is 76.1 Å². The number of hydrogen-bond donors (Lipinski definition) is 1. The summed E-state index contributed by atoms with van der Waals surface area (Å²) in [5, 5.41) is 1.68. The first kappa shape index (κ1) is 10.8. The lowest BCUT2D eigenvalue weighted by molar-refractivity contribution is -0.167. The van der Waals surface area contributed by atoms with Crippen molar-refractivity contribution >= 4 is 0 Å². The topological polar surface area (TPSA) is 15.3 Å². The Morgan fingerprint density at radius 2 is 2.15 bits per heavy atom. The minimum atomic E-state index is -4.23. The van der Waals surface area contributed by atoms with Crippen molar-refractivity contribution in [2.45, 2.75) is 32.1 Å². The zero-order valence-corrected chi connectivity index (χ0v) is 7.69. The van der Waals surface area contributed by atoms with E-state index in [2.05, 4.69) is 0 Å². The Morgan fingerprint density at radius 3 is 2.69 bits per heavy atom. The molecule has 0 radical (unpaired) electrons. The molecule has 5 heteroatoms. The van der Waals surface area contributed by atoms with Crippen molar-refractivity contribution in [3.63, 3.8) is 0 Å². The zero-order chi connectivity index (χ0) is 9.90. The Bertz CT molecular complexity index is 158. The molecule has 1 aliphatic heterocycles. The van der Waals surface area contributed by atoms with Crippen LogP contribution < -0.4 is 5.32 Å². The van der Waals surface area contributed by atoms with Crippen LogP contribution in [0.1, 0.15) is 19.8 Å². The predicted octanol–water partition coefficient (Wildman–Crippen LogP) is 1.58. The SMILES string of the molecule is CCN1CCC[C@@H](NC(F)(F)F)C1. The Balaban J connectivity index is 2.34. The maximum Gasteiger partial charge on any atom is 0.457 e. The van der Waals surface area contributed by atoms with Crippen molar-refractivity contribution in [3.8, 4) is 0 Å². The molecule has 1 N–H and O–H groups in total. The van der Waals surface area contributed by atoms with Gasteiger partial charge in [-0.2, -0.15) is 13.2 Å². The van der Waals surface area contributed by atoms with Crippen LogP contribution in [0.15, 0.2) is 0 Å². The highest BCUT2D eigenvalue weighted by Crippen LogP contribution is 2.16. The molecule has 1 saturated heterocycles. The molecule has 0 amide bonds. The van der Waals surface area contributed by atoms with Gasteiger partial charge in [0.25, 0.3) is 0 Å². The number of nitrogens with one attached hydrogen (secondary N) is 1. The fourth-order valence-electron chi connectivity index (χ4n) is 1.69. The first-order valence-corrected chi connectivity index (χ1v) is 4.58.